The highest BCUT2D eigenvalue weighted by Crippen LogP contribution is 2.43. The molecule has 1 spiro atoms. The fraction of sp³-hybridized carbons (Fsp3) is 0.513. The molecule has 2 N–H and O–H groups in total. The highest BCUT2D eigenvalue weighted by molar-refractivity contribution is 9.10. The number of aromatic nitrogens is 2. The summed E-state index contributed by atoms with van der Waals surface area (Å²) in [5, 5.41) is 10.0. The van der Waals surface area contributed by atoms with Crippen molar-refractivity contribution in [3.05, 3.63) is 85.5 Å². The number of imide groups is 1. The Morgan fingerprint density at radius 1 is 0.981 bits per heavy atom. The van der Waals surface area contributed by atoms with Crippen LogP contribution in [0.3, 0.4) is 0 Å². The lowest BCUT2D eigenvalue weighted by Crippen LogP contribution is -2.48. The Hall–Kier alpha value is -4.10. The molecule has 11 nitrogen and oxygen atoms in total. The molecule has 1 aromatic heterocycles. The van der Waals surface area contributed by atoms with Gasteiger partial charge >= 0.3 is 0 Å². The van der Waals surface area contributed by atoms with Crippen molar-refractivity contribution in [2.75, 3.05) is 56.5 Å². The Labute approximate surface area is 312 Å². The second kappa shape index (κ2) is 14.7. The second-order valence-corrected chi connectivity index (χ2v) is 16.1. The minimum atomic E-state index is -0.642. The Morgan fingerprint density at radius 3 is 2.37 bits per heavy atom. The molecular formula is C39H47BrFN7O4. The van der Waals surface area contributed by atoms with Gasteiger partial charge in [0, 0.05) is 81.2 Å². The number of hydrogen-bond acceptors (Lipinski definition) is 8. The number of rotatable bonds is 6. The van der Waals surface area contributed by atoms with Crippen LogP contribution in [0, 0.1) is 18.2 Å². The van der Waals surface area contributed by atoms with E-state index in [4.69, 9.17) is 0 Å². The van der Waals surface area contributed by atoms with Gasteiger partial charge in [0.25, 0.3) is 11.5 Å². The Morgan fingerprint density at radius 2 is 1.67 bits per heavy atom. The van der Waals surface area contributed by atoms with Crippen LogP contribution in [0.1, 0.15) is 83.8 Å². The summed E-state index contributed by atoms with van der Waals surface area (Å²) in [5.41, 5.74) is 4.36. The van der Waals surface area contributed by atoms with E-state index >= 15 is 4.39 Å². The number of carbonyl (C=O) groups is 3. The lowest BCUT2D eigenvalue weighted by atomic mass is 9.71. The van der Waals surface area contributed by atoms with E-state index in [1.54, 1.807) is 26.2 Å². The Balaban J connectivity index is 0.923. The predicted molar refractivity (Wildman–Crippen MR) is 201 cm³/mol. The molecular weight excluding hydrogens is 729 g/mol. The van der Waals surface area contributed by atoms with Crippen LogP contribution in [0.15, 0.2) is 51.9 Å². The van der Waals surface area contributed by atoms with Crippen LogP contribution in [0.2, 0.25) is 0 Å². The number of anilines is 2. The van der Waals surface area contributed by atoms with Crippen molar-refractivity contribution in [3.8, 4) is 0 Å². The monoisotopic (exact) mass is 775 g/mol. The minimum Gasteiger partial charge on any atom is -0.379 e. The van der Waals surface area contributed by atoms with Crippen LogP contribution in [-0.2, 0) is 16.6 Å². The molecule has 7 rings (SSSR count). The number of benzene rings is 2. The molecule has 0 radical (unpaired) electrons. The van der Waals surface area contributed by atoms with Gasteiger partial charge in [-0.15, -0.1) is 0 Å². The topological polar surface area (TPSA) is 120 Å². The molecule has 2 aromatic carbocycles. The number of halogens is 2. The molecule has 0 aliphatic carbocycles. The molecule has 52 heavy (non-hydrogen) atoms. The van der Waals surface area contributed by atoms with Gasteiger partial charge in [0.05, 0.1) is 17.8 Å². The van der Waals surface area contributed by atoms with Gasteiger partial charge in [-0.2, -0.15) is 5.10 Å². The van der Waals surface area contributed by atoms with Crippen molar-refractivity contribution < 1.29 is 18.8 Å². The zero-order chi connectivity index (χ0) is 36.7. The van der Waals surface area contributed by atoms with Crippen molar-refractivity contribution in [2.24, 2.45) is 12.5 Å². The molecule has 3 amide bonds. The van der Waals surface area contributed by atoms with E-state index in [9.17, 15) is 19.2 Å². The molecule has 4 fully saturated rings. The number of nitrogens with zero attached hydrogens (tertiary/aromatic N) is 5. The third-order valence-electron chi connectivity index (χ3n) is 12.0. The number of nitrogens with one attached hydrogen (secondary N) is 2. The van der Waals surface area contributed by atoms with E-state index in [2.05, 4.69) is 60.6 Å². The van der Waals surface area contributed by atoms with Crippen LogP contribution in [-0.4, -0.2) is 89.7 Å². The summed E-state index contributed by atoms with van der Waals surface area (Å²) < 4.78 is 17.4. The predicted octanol–water partition coefficient (Wildman–Crippen LogP) is 4.93. The van der Waals surface area contributed by atoms with Gasteiger partial charge in [-0.1, -0.05) is 18.2 Å². The third-order valence-corrected chi connectivity index (χ3v) is 12.7. The number of aryl methyl sites for hydroxylation is 1. The first-order valence-electron chi connectivity index (χ1n) is 18.3. The second-order valence-electron chi connectivity index (χ2n) is 15.3. The smallest absolute Gasteiger partial charge is 0.282 e. The average molecular weight is 777 g/mol. The number of carbonyl (C=O) groups excluding carboxylic acids is 3. The number of likely N-dealkylation sites (N-methyl/N-ethyl adjacent to an activating group) is 1. The minimum absolute atomic E-state index is 0.0735. The summed E-state index contributed by atoms with van der Waals surface area (Å²) in [4.78, 5) is 56.5. The fourth-order valence-corrected chi connectivity index (χ4v) is 9.25. The summed E-state index contributed by atoms with van der Waals surface area (Å²) >= 11 is 3.42. The molecule has 0 bridgehead atoms. The van der Waals surface area contributed by atoms with Gasteiger partial charge in [0.2, 0.25) is 11.8 Å². The highest BCUT2D eigenvalue weighted by atomic mass is 79.9. The first-order chi connectivity index (χ1) is 24.9. The average Bonchev–Trinajstić information content (AvgIpc) is 3.14. The number of amides is 3. The zero-order valence-corrected chi connectivity index (χ0v) is 31.7. The summed E-state index contributed by atoms with van der Waals surface area (Å²) in [5.74, 6) is -1.38. The fourth-order valence-electron chi connectivity index (χ4n) is 8.78. The van der Waals surface area contributed by atoms with Gasteiger partial charge in [-0.3, -0.25) is 24.5 Å². The maximum atomic E-state index is 15.6. The largest absolute Gasteiger partial charge is 0.379 e. The summed E-state index contributed by atoms with van der Waals surface area (Å²) in [7, 11) is 3.73. The maximum absolute atomic E-state index is 15.6. The molecule has 4 aliphatic rings. The van der Waals surface area contributed by atoms with Crippen LogP contribution < -0.4 is 21.1 Å². The molecule has 4 saturated heterocycles. The lowest BCUT2D eigenvalue weighted by molar-refractivity contribution is -0.134. The van der Waals surface area contributed by atoms with Crippen LogP contribution in [0.5, 0.6) is 0 Å². The molecule has 5 heterocycles. The van der Waals surface area contributed by atoms with Gasteiger partial charge in [0.1, 0.15) is 10.3 Å². The van der Waals surface area contributed by atoms with Crippen molar-refractivity contribution in [3.63, 3.8) is 0 Å². The maximum Gasteiger partial charge on any atom is 0.282 e. The van der Waals surface area contributed by atoms with E-state index in [0.717, 1.165) is 77.1 Å². The Bertz CT molecular complexity index is 1920. The van der Waals surface area contributed by atoms with E-state index in [-0.39, 0.29) is 47.0 Å². The molecule has 3 unspecified atom stereocenters. The number of piperidine rings is 4. The van der Waals surface area contributed by atoms with E-state index < -0.39 is 11.8 Å². The van der Waals surface area contributed by atoms with Crippen LogP contribution >= 0.6 is 15.9 Å². The van der Waals surface area contributed by atoms with Crippen molar-refractivity contribution in [1.29, 1.82) is 0 Å². The van der Waals surface area contributed by atoms with Crippen LogP contribution in [0.25, 0.3) is 0 Å². The molecule has 3 atom stereocenters. The number of likely N-dealkylation sites (tertiary alicyclic amines) is 2. The zero-order valence-electron chi connectivity index (χ0n) is 30.1. The molecule has 4 aliphatic heterocycles. The standard InChI is InChI=1S/C39H47BrFN7O4/c1-24-32(10-8-29(35(24)41)30-9-11-33(49)44-36(30)50)47-16-12-39(13-17-47)14-18-48(19-15-39)37(51)26-6-4-25(5-7-26)27-20-28(23-45(2)22-27)43-31-21-42-46(3)38(52)34(31)40/h4-8,10,21,27-28,30,43H,9,11-20,22-23H2,1-3H3,(H,44,49,50). The van der Waals surface area contributed by atoms with Gasteiger partial charge in [-0.25, -0.2) is 9.07 Å². The Kier molecular flexibility index (Phi) is 10.3. The molecule has 13 heteroatoms. The van der Waals surface area contributed by atoms with Gasteiger partial charge in [-0.05, 0) is 104 Å². The van der Waals surface area contributed by atoms with Gasteiger partial charge in [0.15, 0.2) is 0 Å². The van der Waals surface area contributed by atoms with E-state index in [1.807, 2.05) is 23.1 Å². The van der Waals surface area contributed by atoms with Gasteiger partial charge < -0.3 is 20.0 Å². The third kappa shape index (κ3) is 7.26. The summed E-state index contributed by atoms with van der Waals surface area (Å²) in [6.07, 6.45) is 7.00. The molecule has 276 valence electrons. The number of hydrogen-bond donors (Lipinski definition) is 2. The summed E-state index contributed by atoms with van der Waals surface area (Å²) in [6.45, 7) is 6.62. The van der Waals surface area contributed by atoms with Crippen molar-refractivity contribution in [1.82, 2.24) is 24.9 Å². The quantitative estimate of drug-likeness (QED) is 0.339. The first kappa shape index (κ1) is 36.3. The first-order valence-corrected chi connectivity index (χ1v) is 19.1. The SMILES string of the molecule is Cc1c(N2CCC3(CCN(C(=O)c4ccc(C5CC(Nc6cnn(C)c(=O)c6Br)CN(C)C5)cc4)CC3)CC2)ccc(C2CCC(=O)NC2=O)c1F. The highest BCUT2D eigenvalue weighted by Gasteiger charge is 2.39. The van der Waals surface area contributed by atoms with E-state index in [1.165, 1.54) is 10.2 Å². The normalized spacial score (nSPS) is 23.8. The van der Waals surface area contributed by atoms with Crippen molar-refractivity contribution >= 4 is 45.0 Å². The summed E-state index contributed by atoms with van der Waals surface area (Å²) in [6, 6.07) is 11.9. The molecule has 3 aromatic rings. The lowest BCUT2D eigenvalue weighted by Gasteiger charge is -2.47. The molecule has 0 saturated carbocycles. The van der Waals surface area contributed by atoms with Crippen LogP contribution in [0.4, 0.5) is 15.8 Å². The van der Waals surface area contributed by atoms with Crippen molar-refractivity contribution in [2.45, 2.75) is 69.7 Å². The van der Waals surface area contributed by atoms with E-state index in [0.29, 0.717) is 33.3 Å².